The van der Waals surface area contributed by atoms with Gasteiger partial charge >= 0.3 is 0 Å². The summed E-state index contributed by atoms with van der Waals surface area (Å²) in [6.07, 6.45) is 0.358. The average molecular weight is 144 g/mol. The second kappa shape index (κ2) is 5.69. The van der Waals surface area contributed by atoms with Gasteiger partial charge in [-0.15, -0.1) is 0 Å². The van der Waals surface area contributed by atoms with Gasteiger partial charge in [0.25, 0.3) is 0 Å². The van der Waals surface area contributed by atoms with Crippen LogP contribution in [0.15, 0.2) is 0 Å². The third-order valence-corrected chi connectivity index (χ3v) is 1.70. The SMILES string of the molecule is [CH2]CC(O)CN(CC)CC. The van der Waals surface area contributed by atoms with Crippen LogP contribution in [0.25, 0.3) is 0 Å². The lowest BCUT2D eigenvalue weighted by atomic mass is 10.2. The Morgan fingerprint density at radius 2 is 1.90 bits per heavy atom. The van der Waals surface area contributed by atoms with Crippen molar-refractivity contribution >= 4 is 0 Å². The first-order valence-corrected chi connectivity index (χ1v) is 3.94. The highest BCUT2D eigenvalue weighted by molar-refractivity contribution is 4.62. The Morgan fingerprint density at radius 1 is 1.40 bits per heavy atom. The minimum absolute atomic E-state index is 0.250. The molecule has 0 aromatic rings. The number of nitrogens with zero attached hydrogens (tertiary/aromatic N) is 1. The summed E-state index contributed by atoms with van der Waals surface area (Å²) in [5, 5.41) is 9.19. The monoisotopic (exact) mass is 144 g/mol. The summed E-state index contributed by atoms with van der Waals surface area (Å²) in [5.41, 5.74) is 0. The molecule has 0 aliphatic rings. The Hall–Kier alpha value is -0.0800. The van der Waals surface area contributed by atoms with E-state index < -0.39 is 0 Å². The molecule has 0 spiro atoms. The maximum Gasteiger partial charge on any atom is 0.0667 e. The summed E-state index contributed by atoms with van der Waals surface area (Å²) in [6.45, 7) is 10.6. The number of aliphatic hydroxyl groups excluding tert-OH is 1. The number of hydrogen-bond acceptors (Lipinski definition) is 2. The molecule has 0 bridgehead atoms. The second-order valence-electron chi connectivity index (χ2n) is 2.43. The van der Waals surface area contributed by atoms with Crippen molar-refractivity contribution in [1.82, 2.24) is 4.90 Å². The van der Waals surface area contributed by atoms with Gasteiger partial charge in [-0.05, 0) is 19.5 Å². The van der Waals surface area contributed by atoms with Gasteiger partial charge in [0.15, 0.2) is 0 Å². The van der Waals surface area contributed by atoms with Crippen molar-refractivity contribution in [3.05, 3.63) is 6.92 Å². The van der Waals surface area contributed by atoms with E-state index in [1.54, 1.807) is 0 Å². The molecule has 1 unspecified atom stereocenters. The van der Waals surface area contributed by atoms with Gasteiger partial charge in [0, 0.05) is 6.54 Å². The van der Waals surface area contributed by atoms with E-state index >= 15 is 0 Å². The zero-order valence-electron chi connectivity index (χ0n) is 7.01. The van der Waals surface area contributed by atoms with Crippen molar-refractivity contribution in [3.8, 4) is 0 Å². The fourth-order valence-corrected chi connectivity index (χ4v) is 0.871. The molecular formula is C8H18NO. The number of hydrogen-bond donors (Lipinski definition) is 1. The molecule has 0 aromatic carbocycles. The van der Waals surface area contributed by atoms with Crippen molar-refractivity contribution in [2.24, 2.45) is 0 Å². The molecule has 1 atom stereocenters. The molecule has 0 aliphatic carbocycles. The van der Waals surface area contributed by atoms with E-state index in [1.165, 1.54) is 0 Å². The largest absolute Gasteiger partial charge is 0.392 e. The van der Waals surface area contributed by atoms with Crippen molar-refractivity contribution in [3.63, 3.8) is 0 Å². The molecule has 0 saturated carbocycles. The first kappa shape index (κ1) is 9.92. The highest BCUT2D eigenvalue weighted by atomic mass is 16.3. The average Bonchev–Trinajstić information content (AvgIpc) is 1.99. The fourth-order valence-electron chi connectivity index (χ4n) is 0.871. The van der Waals surface area contributed by atoms with Crippen molar-refractivity contribution in [1.29, 1.82) is 0 Å². The molecule has 0 aromatic heterocycles. The van der Waals surface area contributed by atoms with Crippen LogP contribution in [0.2, 0.25) is 0 Å². The van der Waals surface area contributed by atoms with Crippen LogP contribution in [0, 0.1) is 6.92 Å². The first-order valence-electron chi connectivity index (χ1n) is 3.94. The zero-order valence-corrected chi connectivity index (χ0v) is 7.01. The van der Waals surface area contributed by atoms with Crippen molar-refractivity contribution in [2.75, 3.05) is 19.6 Å². The Kier molecular flexibility index (Phi) is 5.64. The summed E-state index contributed by atoms with van der Waals surface area (Å²) in [4.78, 5) is 2.19. The lowest BCUT2D eigenvalue weighted by Crippen LogP contribution is -2.31. The van der Waals surface area contributed by atoms with Crippen LogP contribution in [0.3, 0.4) is 0 Å². The normalized spacial score (nSPS) is 14.1. The van der Waals surface area contributed by atoms with Gasteiger partial charge in [0.1, 0.15) is 0 Å². The predicted octanol–water partition coefficient (Wildman–Crippen LogP) is 0.913. The maximum atomic E-state index is 9.19. The molecular weight excluding hydrogens is 126 g/mol. The summed E-state index contributed by atoms with van der Waals surface area (Å²) >= 11 is 0. The van der Waals surface area contributed by atoms with Crippen LogP contribution in [-0.4, -0.2) is 35.7 Å². The van der Waals surface area contributed by atoms with Crippen LogP contribution in [0.1, 0.15) is 20.3 Å². The van der Waals surface area contributed by atoms with Crippen LogP contribution >= 0.6 is 0 Å². The van der Waals surface area contributed by atoms with Gasteiger partial charge in [-0.2, -0.15) is 0 Å². The Labute approximate surface area is 63.8 Å². The lowest BCUT2D eigenvalue weighted by Gasteiger charge is -2.20. The molecule has 0 fully saturated rings. The summed E-state index contributed by atoms with van der Waals surface area (Å²) in [6, 6.07) is 0. The van der Waals surface area contributed by atoms with E-state index in [0.717, 1.165) is 19.6 Å². The van der Waals surface area contributed by atoms with Crippen molar-refractivity contribution in [2.45, 2.75) is 26.4 Å². The molecule has 2 heteroatoms. The molecule has 1 N–H and O–H groups in total. The fraction of sp³-hybridized carbons (Fsp3) is 0.875. The quantitative estimate of drug-likeness (QED) is 0.620. The van der Waals surface area contributed by atoms with E-state index in [1.807, 2.05) is 0 Å². The third kappa shape index (κ3) is 3.85. The number of aliphatic hydroxyl groups is 1. The minimum Gasteiger partial charge on any atom is -0.392 e. The van der Waals surface area contributed by atoms with E-state index in [4.69, 9.17) is 0 Å². The minimum atomic E-state index is -0.250. The molecule has 10 heavy (non-hydrogen) atoms. The number of rotatable bonds is 5. The van der Waals surface area contributed by atoms with Gasteiger partial charge in [0.2, 0.25) is 0 Å². The highest BCUT2D eigenvalue weighted by Gasteiger charge is 2.04. The van der Waals surface area contributed by atoms with Gasteiger partial charge in [-0.3, -0.25) is 0 Å². The second-order valence-corrected chi connectivity index (χ2v) is 2.43. The third-order valence-electron chi connectivity index (χ3n) is 1.70. The Balaban J connectivity index is 3.41. The van der Waals surface area contributed by atoms with E-state index in [2.05, 4.69) is 25.7 Å². The van der Waals surface area contributed by atoms with E-state index in [9.17, 15) is 5.11 Å². The molecule has 0 rings (SSSR count). The maximum absolute atomic E-state index is 9.19. The van der Waals surface area contributed by atoms with Gasteiger partial charge < -0.3 is 10.0 Å². The molecule has 1 radical (unpaired) electrons. The molecule has 2 nitrogen and oxygen atoms in total. The predicted molar refractivity (Wildman–Crippen MR) is 43.8 cm³/mol. The standard InChI is InChI=1S/C8H18NO/c1-4-8(10)7-9(5-2)6-3/h8,10H,1,4-7H2,2-3H3. The Bertz CT molecular complexity index is 71.7. The summed E-state index contributed by atoms with van der Waals surface area (Å²) in [5.74, 6) is 0. The molecule has 0 saturated heterocycles. The zero-order chi connectivity index (χ0) is 7.98. The molecule has 0 aliphatic heterocycles. The lowest BCUT2D eigenvalue weighted by molar-refractivity contribution is 0.120. The summed E-state index contributed by atoms with van der Waals surface area (Å²) < 4.78 is 0. The molecule has 0 amide bonds. The smallest absolute Gasteiger partial charge is 0.0667 e. The topological polar surface area (TPSA) is 23.5 Å². The van der Waals surface area contributed by atoms with Crippen LogP contribution < -0.4 is 0 Å². The highest BCUT2D eigenvalue weighted by Crippen LogP contribution is 1.94. The van der Waals surface area contributed by atoms with Crippen molar-refractivity contribution < 1.29 is 5.11 Å². The van der Waals surface area contributed by atoms with Gasteiger partial charge in [0.05, 0.1) is 6.10 Å². The Morgan fingerprint density at radius 3 is 2.20 bits per heavy atom. The molecule has 0 heterocycles. The first-order chi connectivity index (χ1) is 4.74. The van der Waals surface area contributed by atoms with Crippen LogP contribution in [-0.2, 0) is 0 Å². The van der Waals surface area contributed by atoms with Gasteiger partial charge in [-0.25, -0.2) is 0 Å². The van der Waals surface area contributed by atoms with Crippen LogP contribution in [0.4, 0.5) is 0 Å². The number of likely N-dealkylation sites (N-methyl/N-ethyl adjacent to an activating group) is 1. The molecule has 61 valence electrons. The van der Waals surface area contributed by atoms with Gasteiger partial charge in [-0.1, -0.05) is 20.8 Å². The van der Waals surface area contributed by atoms with E-state index in [0.29, 0.717) is 6.42 Å². The van der Waals surface area contributed by atoms with E-state index in [-0.39, 0.29) is 6.10 Å². The van der Waals surface area contributed by atoms with Crippen LogP contribution in [0.5, 0.6) is 0 Å². The summed E-state index contributed by atoms with van der Waals surface area (Å²) in [7, 11) is 0.